The highest BCUT2D eigenvalue weighted by Gasteiger charge is 2.16. The number of hydrogen-bond donors (Lipinski definition) is 1. The van der Waals surface area contributed by atoms with Crippen LogP contribution in [-0.4, -0.2) is 31.4 Å². The molecule has 1 aliphatic heterocycles. The highest BCUT2D eigenvalue weighted by atomic mass is 32.1. The molecule has 110 valence electrons. The van der Waals surface area contributed by atoms with E-state index in [1.807, 2.05) is 11.9 Å². The third-order valence-electron chi connectivity index (χ3n) is 3.93. The second-order valence-corrected chi connectivity index (χ2v) is 5.80. The molecule has 0 aliphatic carbocycles. The molecule has 1 heterocycles. The summed E-state index contributed by atoms with van der Waals surface area (Å²) in [4.78, 5) is 2.01. The SMILES string of the molecule is CN(C(=S)NC[C@H]1CCCO1)c1ccc2ccccc2c1. The van der Waals surface area contributed by atoms with Crippen molar-refractivity contribution in [3.63, 3.8) is 0 Å². The lowest BCUT2D eigenvalue weighted by molar-refractivity contribution is 0.114. The van der Waals surface area contributed by atoms with Gasteiger partial charge in [0.1, 0.15) is 0 Å². The molecule has 21 heavy (non-hydrogen) atoms. The number of fused-ring (bicyclic) bond motifs is 1. The van der Waals surface area contributed by atoms with Crippen molar-refractivity contribution in [2.24, 2.45) is 0 Å². The Balaban J connectivity index is 1.67. The molecule has 4 heteroatoms. The van der Waals surface area contributed by atoms with Gasteiger partial charge in [-0.15, -0.1) is 0 Å². The molecule has 1 fully saturated rings. The van der Waals surface area contributed by atoms with Crippen molar-refractivity contribution in [3.8, 4) is 0 Å². The van der Waals surface area contributed by atoms with E-state index in [9.17, 15) is 0 Å². The molecular weight excluding hydrogens is 280 g/mol. The fraction of sp³-hybridized carbons (Fsp3) is 0.353. The van der Waals surface area contributed by atoms with Crippen LogP contribution in [0.15, 0.2) is 42.5 Å². The van der Waals surface area contributed by atoms with E-state index in [0.717, 1.165) is 36.8 Å². The number of ether oxygens (including phenoxy) is 1. The number of rotatable bonds is 3. The zero-order valence-electron chi connectivity index (χ0n) is 12.2. The molecule has 0 aromatic heterocycles. The third kappa shape index (κ3) is 3.34. The predicted octanol–water partition coefficient (Wildman–Crippen LogP) is 3.33. The molecule has 0 spiro atoms. The van der Waals surface area contributed by atoms with Crippen LogP contribution in [0.3, 0.4) is 0 Å². The molecule has 1 saturated heterocycles. The first-order valence-corrected chi connectivity index (χ1v) is 7.77. The van der Waals surface area contributed by atoms with Crippen LogP contribution < -0.4 is 10.2 Å². The van der Waals surface area contributed by atoms with Gasteiger partial charge in [-0.2, -0.15) is 0 Å². The van der Waals surface area contributed by atoms with E-state index in [1.54, 1.807) is 0 Å². The molecule has 0 unspecified atom stereocenters. The lowest BCUT2D eigenvalue weighted by atomic mass is 10.1. The van der Waals surface area contributed by atoms with E-state index in [4.69, 9.17) is 17.0 Å². The Hall–Kier alpha value is -1.65. The van der Waals surface area contributed by atoms with Crippen molar-refractivity contribution in [2.75, 3.05) is 25.1 Å². The van der Waals surface area contributed by atoms with Gasteiger partial charge in [-0.25, -0.2) is 0 Å². The summed E-state index contributed by atoms with van der Waals surface area (Å²) in [6, 6.07) is 14.7. The second-order valence-electron chi connectivity index (χ2n) is 5.41. The molecule has 2 aromatic rings. The third-order valence-corrected chi connectivity index (χ3v) is 4.35. The van der Waals surface area contributed by atoms with Crippen LogP contribution in [0.5, 0.6) is 0 Å². The maximum atomic E-state index is 5.61. The Labute approximate surface area is 130 Å². The van der Waals surface area contributed by atoms with E-state index in [0.29, 0.717) is 6.10 Å². The minimum Gasteiger partial charge on any atom is -0.376 e. The minimum atomic E-state index is 0.299. The van der Waals surface area contributed by atoms with Crippen molar-refractivity contribution in [2.45, 2.75) is 18.9 Å². The number of benzene rings is 2. The van der Waals surface area contributed by atoms with Gasteiger partial charge in [0.15, 0.2) is 5.11 Å². The fourth-order valence-corrected chi connectivity index (χ4v) is 2.82. The van der Waals surface area contributed by atoms with Gasteiger partial charge in [-0.3, -0.25) is 0 Å². The van der Waals surface area contributed by atoms with Crippen molar-refractivity contribution >= 4 is 33.8 Å². The fourth-order valence-electron chi connectivity index (χ4n) is 2.63. The number of hydrogen-bond acceptors (Lipinski definition) is 2. The Morgan fingerprint density at radius 3 is 2.86 bits per heavy atom. The Kier molecular flexibility index (Phi) is 4.36. The number of thiocarbonyl (C=S) groups is 1. The Morgan fingerprint density at radius 2 is 2.10 bits per heavy atom. The van der Waals surface area contributed by atoms with E-state index in [2.05, 4.69) is 47.8 Å². The summed E-state index contributed by atoms with van der Waals surface area (Å²) >= 11 is 5.48. The zero-order chi connectivity index (χ0) is 14.7. The van der Waals surface area contributed by atoms with Crippen molar-refractivity contribution in [3.05, 3.63) is 42.5 Å². The first-order chi connectivity index (χ1) is 10.2. The topological polar surface area (TPSA) is 24.5 Å². The monoisotopic (exact) mass is 300 g/mol. The van der Waals surface area contributed by atoms with Crippen molar-refractivity contribution in [1.29, 1.82) is 0 Å². The molecule has 0 amide bonds. The van der Waals surface area contributed by atoms with Crippen LogP contribution in [0.1, 0.15) is 12.8 Å². The standard InChI is InChI=1S/C17H20N2OS/c1-19(17(21)18-12-16-7-4-10-20-16)15-9-8-13-5-2-3-6-14(13)11-15/h2-3,5-6,8-9,11,16H,4,7,10,12H2,1H3,(H,18,21)/t16-/m1/s1. The van der Waals surface area contributed by atoms with Gasteiger partial charge >= 0.3 is 0 Å². The summed E-state index contributed by atoms with van der Waals surface area (Å²) < 4.78 is 5.61. The van der Waals surface area contributed by atoms with Crippen LogP contribution in [0.2, 0.25) is 0 Å². The second kappa shape index (κ2) is 6.41. The Morgan fingerprint density at radius 1 is 1.29 bits per heavy atom. The van der Waals surface area contributed by atoms with E-state index in [1.165, 1.54) is 10.8 Å². The number of nitrogens with one attached hydrogen (secondary N) is 1. The minimum absolute atomic E-state index is 0.299. The first kappa shape index (κ1) is 14.3. The van der Waals surface area contributed by atoms with Crippen LogP contribution in [0.4, 0.5) is 5.69 Å². The number of nitrogens with zero attached hydrogens (tertiary/aromatic N) is 1. The molecular formula is C17H20N2OS. The predicted molar refractivity (Wildman–Crippen MR) is 91.9 cm³/mol. The molecule has 3 nitrogen and oxygen atoms in total. The lowest BCUT2D eigenvalue weighted by Crippen LogP contribution is -2.40. The maximum absolute atomic E-state index is 5.61. The lowest BCUT2D eigenvalue weighted by Gasteiger charge is -2.22. The summed E-state index contributed by atoms with van der Waals surface area (Å²) in [5, 5.41) is 6.51. The van der Waals surface area contributed by atoms with E-state index >= 15 is 0 Å². The van der Waals surface area contributed by atoms with Crippen molar-refractivity contribution < 1.29 is 4.74 Å². The Bertz CT molecular complexity index is 637. The molecule has 0 saturated carbocycles. The summed E-state index contributed by atoms with van der Waals surface area (Å²) in [6.07, 6.45) is 2.57. The first-order valence-electron chi connectivity index (χ1n) is 7.36. The summed E-state index contributed by atoms with van der Waals surface area (Å²) in [5.41, 5.74) is 1.10. The molecule has 1 atom stereocenters. The van der Waals surface area contributed by atoms with Crippen LogP contribution >= 0.6 is 12.2 Å². The zero-order valence-corrected chi connectivity index (χ0v) is 13.0. The molecule has 0 bridgehead atoms. The van der Waals surface area contributed by atoms with Gasteiger partial charge in [0.25, 0.3) is 0 Å². The largest absolute Gasteiger partial charge is 0.376 e. The van der Waals surface area contributed by atoms with Gasteiger partial charge in [0.05, 0.1) is 6.10 Å². The maximum Gasteiger partial charge on any atom is 0.173 e. The van der Waals surface area contributed by atoms with Crippen molar-refractivity contribution in [1.82, 2.24) is 5.32 Å². The highest BCUT2D eigenvalue weighted by molar-refractivity contribution is 7.80. The van der Waals surface area contributed by atoms with Crippen LogP contribution in [-0.2, 0) is 4.74 Å². The van der Waals surface area contributed by atoms with Gasteiger partial charge in [-0.05, 0) is 48.0 Å². The van der Waals surface area contributed by atoms with Gasteiger partial charge in [-0.1, -0.05) is 30.3 Å². The summed E-state index contributed by atoms with van der Waals surface area (Å²) in [5.74, 6) is 0. The van der Waals surface area contributed by atoms with E-state index in [-0.39, 0.29) is 0 Å². The average Bonchev–Trinajstić information content (AvgIpc) is 3.05. The molecule has 3 rings (SSSR count). The molecule has 0 radical (unpaired) electrons. The van der Waals surface area contributed by atoms with Crippen LogP contribution in [0, 0.1) is 0 Å². The van der Waals surface area contributed by atoms with Gasteiger partial charge in [0, 0.05) is 25.9 Å². The quantitative estimate of drug-likeness (QED) is 0.879. The normalized spacial score (nSPS) is 17.9. The molecule has 2 aromatic carbocycles. The van der Waals surface area contributed by atoms with E-state index < -0.39 is 0 Å². The van der Waals surface area contributed by atoms with Gasteiger partial charge < -0.3 is 15.0 Å². The summed E-state index contributed by atoms with van der Waals surface area (Å²) in [7, 11) is 1.99. The van der Waals surface area contributed by atoms with Gasteiger partial charge in [0.2, 0.25) is 0 Å². The summed E-state index contributed by atoms with van der Waals surface area (Å²) in [6.45, 7) is 1.66. The average molecular weight is 300 g/mol. The highest BCUT2D eigenvalue weighted by Crippen LogP contribution is 2.21. The van der Waals surface area contributed by atoms with Crippen LogP contribution in [0.25, 0.3) is 10.8 Å². The number of anilines is 1. The smallest absolute Gasteiger partial charge is 0.173 e. The molecule has 1 aliphatic rings. The molecule has 1 N–H and O–H groups in total.